The first-order valence-corrected chi connectivity index (χ1v) is 14.1. The number of Topliss-reactive ketones (excluding diaryl/α,β-unsaturated/α-hetero) is 1. The Hall–Kier alpha value is -3.64. The van der Waals surface area contributed by atoms with Crippen molar-refractivity contribution >= 4 is 22.2 Å². The fraction of sp³-hybridized carbons (Fsp3) is 0.324. The zero-order valence-electron chi connectivity index (χ0n) is 22.5. The lowest BCUT2D eigenvalue weighted by atomic mass is 9.71. The first-order valence-electron chi connectivity index (χ1n) is 14.1. The number of hydrogen-bond acceptors (Lipinski definition) is 3. The number of alkyl halides is 3. The number of benzene rings is 4. The molecule has 0 unspecified atom stereocenters. The Morgan fingerprint density at radius 1 is 0.725 bits per heavy atom. The highest BCUT2D eigenvalue weighted by Crippen LogP contribution is 2.48. The van der Waals surface area contributed by atoms with Crippen molar-refractivity contribution in [3.63, 3.8) is 0 Å². The molecule has 0 amide bonds. The number of hydrogen-bond donors (Lipinski definition) is 0. The monoisotopic (exact) mass is 542 g/mol. The smallest absolute Gasteiger partial charge is 0.370 e. The van der Waals surface area contributed by atoms with Gasteiger partial charge in [0.15, 0.2) is 5.78 Å². The van der Waals surface area contributed by atoms with Crippen LogP contribution in [0.15, 0.2) is 91.0 Å². The number of rotatable bonds is 7. The van der Waals surface area contributed by atoms with Crippen molar-refractivity contribution in [2.75, 3.05) is 37.6 Å². The molecule has 1 saturated heterocycles. The van der Waals surface area contributed by atoms with Gasteiger partial charge in [-0.2, -0.15) is 13.2 Å². The Labute approximate surface area is 233 Å². The maximum atomic E-state index is 14.4. The third kappa shape index (κ3) is 5.13. The summed E-state index contributed by atoms with van der Waals surface area (Å²) >= 11 is 0. The second-order valence-corrected chi connectivity index (χ2v) is 11.1. The number of carbonyl (C=O) groups is 1. The number of nitrogens with zero attached hydrogens (tertiary/aromatic N) is 2. The molecular weight excluding hydrogens is 509 g/mol. The maximum absolute atomic E-state index is 14.4. The van der Waals surface area contributed by atoms with E-state index >= 15 is 0 Å². The van der Waals surface area contributed by atoms with E-state index in [-0.39, 0.29) is 12.3 Å². The number of anilines is 1. The minimum atomic E-state index is -4.14. The number of carbonyl (C=O) groups excluding carboxylic acids is 1. The lowest BCUT2D eigenvalue weighted by molar-refractivity contribution is -0.137. The van der Waals surface area contributed by atoms with Gasteiger partial charge in [-0.05, 0) is 54.0 Å². The molecule has 1 heterocycles. The van der Waals surface area contributed by atoms with E-state index in [0.29, 0.717) is 32.5 Å². The van der Waals surface area contributed by atoms with Crippen LogP contribution < -0.4 is 4.90 Å². The van der Waals surface area contributed by atoms with E-state index in [1.54, 1.807) is 0 Å². The average Bonchev–Trinajstić information content (AvgIpc) is 3.09. The van der Waals surface area contributed by atoms with Gasteiger partial charge in [-0.15, -0.1) is 0 Å². The predicted octanol–water partition coefficient (Wildman–Crippen LogP) is 7.22. The molecule has 0 radical (unpaired) electrons. The van der Waals surface area contributed by atoms with E-state index < -0.39 is 18.0 Å². The van der Waals surface area contributed by atoms with Gasteiger partial charge in [0.1, 0.15) is 0 Å². The van der Waals surface area contributed by atoms with Crippen molar-refractivity contribution in [1.82, 2.24) is 4.90 Å². The minimum absolute atomic E-state index is 0.0389. The van der Waals surface area contributed by atoms with Gasteiger partial charge in [0.25, 0.3) is 0 Å². The van der Waals surface area contributed by atoms with E-state index in [9.17, 15) is 18.0 Å². The van der Waals surface area contributed by atoms with Gasteiger partial charge in [0.2, 0.25) is 0 Å². The number of ketones is 1. The Kier molecular flexibility index (Phi) is 7.13. The Bertz CT molecular complexity index is 1460. The van der Waals surface area contributed by atoms with Gasteiger partial charge in [0.05, 0.1) is 11.8 Å². The average molecular weight is 543 g/mol. The minimum Gasteiger partial charge on any atom is -0.370 e. The molecule has 40 heavy (non-hydrogen) atoms. The zero-order chi connectivity index (χ0) is 27.7. The van der Waals surface area contributed by atoms with E-state index in [1.807, 2.05) is 53.4 Å². The van der Waals surface area contributed by atoms with Crippen LogP contribution in [0.1, 0.15) is 39.9 Å². The Morgan fingerprint density at radius 3 is 2.05 bits per heavy atom. The molecule has 4 aromatic carbocycles. The summed E-state index contributed by atoms with van der Waals surface area (Å²) in [5.41, 5.74) is 4.44. The molecule has 1 aliphatic heterocycles. The summed E-state index contributed by atoms with van der Waals surface area (Å²) in [5.74, 6) is 0.159. The van der Waals surface area contributed by atoms with Gasteiger partial charge in [-0.1, -0.05) is 84.9 Å². The van der Waals surface area contributed by atoms with Crippen LogP contribution in [-0.2, 0) is 18.3 Å². The molecule has 2 aliphatic rings. The molecular formula is C34H33F3N2O. The van der Waals surface area contributed by atoms with Gasteiger partial charge >= 0.3 is 6.18 Å². The lowest BCUT2D eigenvalue weighted by Gasteiger charge is -2.31. The molecule has 0 N–H and O–H groups in total. The van der Waals surface area contributed by atoms with Crippen molar-refractivity contribution in [2.45, 2.75) is 37.3 Å². The molecule has 0 spiro atoms. The highest BCUT2D eigenvalue weighted by molar-refractivity contribution is 6.22. The van der Waals surface area contributed by atoms with Crippen LogP contribution in [0.3, 0.4) is 0 Å². The maximum Gasteiger partial charge on any atom is 0.390 e. The summed E-state index contributed by atoms with van der Waals surface area (Å²) in [6.07, 6.45) is -2.89. The van der Waals surface area contributed by atoms with Crippen molar-refractivity contribution in [2.24, 2.45) is 0 Å². The molecule has 3 nitrogen and oxygen atoms in total. The summed E-state index contributed by atoms with van der Waals surface area (Å²) in [7, 11) is 0. The van der Waals surface area contributed by atoms with Gasteiger partial charge in [-0.25, -0.2) is 0 Å². The predicted molar refractivity (Wildman–Crippen MR) is 154 cm³/mol. The molecule has 1 fully saturated rings. The van der Waals surface area contributed by atoms with Crippen molar-refractivity contribution in [3.05, 3.63) is 113 Å². The van der Waals surface area contributed by atoms with Crippen molar-refractivity contribution < 1.29 is 18.0 Å². The largest absolute Gasteiger partial charge is 0.390 e. The molecule has 6 heteroatoms. The lowest BCUT2D eigenvalue weighted by Crippen LogP contribution is -2.37. The van der Waals surface area contributed by atoms with Crippen molar-refractivity contribution in [1.29, 1.82) is 0 Å². The van der Waals surface area contributed by atoms with E-state index in [0.717, 1.165) is 51.7 Å². The van der Waals surface area contributed by atoms with Crippen LogP contribution in [-0.4, -0.2) is 49.6 Å². The molecule has 4 aromatic rings. The molecule has 0 bridgehead atoms. The van der Waals surface area contributed by atoms with Crippen LogP contribution in [0, 0.1) is 0 Å². The molecule has 0 saturated carbocycles. The Morgan fingerprint density at radius 2 is 1.40 bits per heavy atom. The fourth-order valence-electron chi connectivity index (χ4n) is 6.66. The first-order chi connectivity index (χ1) is 19.3. The first kappa shape index (κ1) is 26.6. The molecule has 6 rings (SSSR count). The van der Waals surface area contributed by atoms with Gasteiger partial charge in [-0.3, -0.25) is 4.79 Å². The number of halogens is 3. The Balaban J connectivity index is 1.38. The van der Waals surface area contributed by atoms with Gasteiger partial charge in [0, 0.05) is 42.8 Å². The van der Waals surface area contributed by atoms with Crippen LogP contribution in [0.4, 0.5) is 18.9 Å². The van der Waals surface area contributed by atoms with Gasteiger partial charge < -0.3 is 9.80 Å². The third-order valence-corrected chi connectivity index (χ3v) is 8.55. The van der Waals surface area contributed by atoms with Crippen LogP contribution >= 0.6 is 0 Å². The topological polar surface area (TPSA) is 23.6 Å². The standard InChI is InChI=1S/C34H33F3N2O/c35-34(36,37)17-20-38-18-8-19-39(22-21-38)30-16-15-29-31-27(30)13-7-14-28(31)32(40)33(29,23-25-9-3-1-4-10-25)24-26-11-5-2-6-12-26/h1-7,9-16H,8,17-24H2. The molecule has 0 atom stereocenters. The van der Waals surface area contributed by atoms with E-state index in [1.165, 1.54) is 0 Å². The van der Waals surface area contributed by atoms with Crippen LogP contribution in [0.2, 0.25) is 0 Å². The highest BCUT2D eigenvalue weighted by atomic mass is 19.4. The third-order valence-electron chi connectivity index (χ3n) is 8.55. The summed E-state index contributed by atoms with van der Waals surface area (Å²) in [5, 5.41) is 2.07. The zero-order valence-corrected chi connectivity index (χ0v) is 22.5. The van der Waals surface area contributed by atoms with E-state index in [4.69, 9.17) is 0 Å². The molecule has 206 valence electrons. The second-order valence-electron chi connectivity index (χ2n) is 11.1. The SMILES string of the molecule is O=C1c2cccc3c(N4CCCN(CCC(F)(F)F)CC4)ccc(c23)C1(Cc1ccccc1)Cc1ccccc1. The summed E-state index contributed by atoms with van der Waals surface area (Å²) < 4.78 is 38.4. The van der Waals surface area contributed by atoms with Crippen molar-refractivity contribution in [3.8, 4) is 0 Å². The second kappa shape index (κ2) is 10.7. The summed E-state index contributed by atoms with van der Waals surface area (Å²) in [6, 6.07) is 30.8. The van der Waals surface area contributed by atoms with E-state index in [2.05, 4.69) is 47.4 Å². The summed E-state index contributed by atoms with van der Waals surface area (Å²) in [4.78, 5) is 18.6. The molecule has 1 aliphatic carbocycles. The van der Waals surface area contributed by atoms with Crippen LogP contribution in [0.25, 0.3) is 10.8 Å². The quantitative estimate of drug-likeness (QED) is 0.246. The normalized spacial score (nSPS) is 17.4. The summed E-state index contributed by atoms with van der Waals surface area (Å²) in [6.45, 7) is 2.71. The highest BCUT2D eigenvalue weighted by Gasteiger charge is 2.47. The van der Waals surface area contributed by atoms with Crippen LogP contribution in [0.5, 0.6) is 0 Å². The fourth-order valence-corrected chi connectivity index (χ4v) is 6.66. The molecule has 0 aromatic heterocycles.